The number of nitrogens with zero attached hydrogens (tertiary/aromatic N) is 3. The van der Waals surface area contributed by atoms with Crippen LogP contribution in [-0.4, -0.2) is 15.0 Å². The van der Waals surface area contributed by atoms with Gasteiger partial charge in [-0.2, -0.15) is 0 Å². The van der Waals surface area contributed by atoms with Gasteiger partial charge in [-0.05, 0) is 49.1 Å². The predicted octanol–water partition coefficient (Wildman–Crippen LogP) is 5.39. The van der Waals surface area contributed by atoms with Crippen molar-refractivity contribution in [2.45, 2.75) is 39.0 Å². The first-order chi connectivity index (χ1) is 15.7. The van der Waals surface area contributed by atoms with Crippen molar-refractivity contribution in [1.82, 2.24) is 20.3 Å². The number of nitrogens with one attached hydrogen (secondary N) is 1. The van der Waals surface area contributed by atoms with E-state index in [2.05, 4.69) is 50.6 Å². The van der Waals surface area contributed by atoms with Gasteiger partial charge in [0.1, 0.15) is 17.6 Å². The van der Waals surface area contributed by atoms with E-state index in [4.69, 9.17) is 9.47 Å². The predicted molar refractivity (Wildman–Crippen MR) is 124 cm³/mol. The van der Waals surface area contributed by atoms with Gasteiger partial charge in [0.2, 0.25) is 0 Å². The van der Waals surface area contributed by atoms with Crippen molar-refractivity contribution >= 4 is 11.3 Å². The van der Waals surface area contributed by atoms with E-state index in [1.165, 1.54) is 22.5 Å². The summed E-state index contributed by atoms with van der Waals surface area (Å²) in [7, 11) is 0. The fourth-order valence-electron chi connectivity index (χ4n) is 3.67. The summed E-state index contributed by atoms with van der Waals surface area (Å²) in [5.74, 6) is 1.72. The van der Waals surface area contributed by atoms with Crippen LogP contribution in [0.25, 0.3) is 0 Å². The Morgan fingerprint density at radius 2 is 1.94 bits per heavy atom. The van der Waals surface area contributed by atoms with Crippen molar-refractivity contribution in [1.29, 1.82) is 0 Å². The molecule has 1 unspecified atom stereocenters. The lowest BCUT2D eigenvalue weighted by Crippen LogP contribution is -2.15. The van der Waals surface area contributed by atoms with Crippen molar-refractivity contribution in [3.63, 3.8) is 0 Å². The van der Waals surface area contributed by atoms with Crippen LogP contribution in [0.4, 0.5) is 0 Å². The topological polar surface area (TPSA) is 69.2 Å². The van der Waals surface area contributed by atoms with E-state index < -0.39 is 0 Å². The van der Waals surface area contributed by atoms with Gasteiger partial charge in [0, 0.05) is 36.6 Å². The Kier molecular flexibility index (Phi) is 6.09. The van der Waals surface area contributed by atoms with E-state index in [0.29, 0.717) is 18.3 Å². The van der Waals surface area contributed by atoms with Crippen LogP contribution < -0.4 is 14.8 Å². The molecule has 5 rings (SSSR count). The lowest BCUT2D eigenvalue weighted by molar-refractivity contribution is 0.176. The molecule has 162 valence electrons. The SMILES string of the molecule is Cc1cnc(CNCc2cnc(Oc3ccc4c(c3)CCC(c3ccccc3)O4)s2)cn1. The molecule has 0 fully saturated rings. The Hall–Kier alpha value is -3.29. The second-order valence-corrected chi connectivity index (χ2v) is 8.85. The molecule has 0 amide bonds. The first kappa shape index (κ1) is 20.6. The number of benzene rings is 2. The molecule has 4 aromatic rings. The summed E-state index contributed by atoms with van der Waals surface area (Å²) in [4.78, 5) is 14.1. The average molecular weight is 445 g/mol. The summed E-state index contributed by atoms with van der Waals surface area (Å²) >= 11 is 1.54. The van der Waals surface area contributed by atoms with Crippen LogP contribution in [0.5, 0.6) is 16.7 Å². The molecule has 2 aromatic heterocycles. The van der Waals surface area contributed by atoms with Gasteiger partial charge in [-0.25, -0.2) is 4.98 Å². The lowest BCUT2D eigenvalue weighted by atomic mass is 9.97. The lowest BCUT2D eigenvalue weighted by Gasteiger charge is -2.26. The van der Waals surface area contributed by atoms with Gasteiger partial charge in [0.25, 0.3) is 5.19 Å². The second-order valence-electron chi connectivity index (χ2n) is 7.77. The molecular formula is C25H24N4O2S. The fourth-order valence-corrected chi connectivity index (χ4v) is 4.42. The van der Waals surface area contributed by atoms with Crippen LogP contribution >= 0.6 is 11.3 Å². The highest BCUT2D eigenvalue weighted by molar-refractivity contribution is 7.13. The van der Waals surface area contributed by atoms with E-state index in [1.54, 1.807) is 12.4 Å². The summed E-state index contributed by atoms with van der Waals surface area (Å²) < 4.78 is 12.2. The molecule has 2 aromatic carbocycles. The van der Waals surface area contributed by atoms with Crippen LogP contribution in [0, 0.1) is 6.92 Å². The van der Waals surface area contributed by atoms with E-state index in [9.17, 15) is 0 Å². The number of rotatable bonds is 7. The zero-order valence-corrected chi connectivity index (χ0v) is 18.6. The molecule has 1 aliphatic heterocycles. The smallest absolute Gasteiger partial charge is 0.278 e. The molecule has 3 heterocycles. The molecule has 1 aliphatic rings. The zero-order valence-electron chi connectivity index (χ0n) is 17.8. The largest absolute Gasteiger partial charge is 0.485 e. The molecule has 6 nitrogen and oxygen atoms in total. The number of aromatic nitrogens is 3. The highest BCUT2D eigenvalue weighted by Crippen LogP contribution is 2.38. The van der Waals surface area contributed by atoms with Crippen molar-refractivity contribution in [2.75, 3.05) is 0 Å². The summed E-state index contributed by atoms with van der Waals surface area (Å²) in [6.45, 7) is 3.30. The van der Waals surface area contributed by atoms with E-state index >= 15 is 0 Å². The van der Waals surface area contributed by atoms with Crippen LogP contribution in [-0.2, 0) is 19.5 Å². The summed E-state index contributed by atoms with van der Waals surface area (Å²) in [6.07, 6.45) is 7.45. The minimum atomic E-state index is 0.107. The van der Waals surface area contributed by atoms with Gasteiger partial charge in [0.05, 0.1) is 11.4 Å². The van der Waals surface area contributed by atoms with Gasteiger partial charge in [-0.1, -0.05) is 41.7 Å². The Morgan fingerprint density at radius 3 is 2.78 bits per heavy atom. The highest BCUT2D eigenvalue weighted by atomic mass is 32.1. The third-order valence-electron chi connectivity index (χ3n) is 5.33. The number of fused-ring (bicyclic) bond motifs is 1. The third kappa shape index (κ3) is 4.95. The van der Waals surface area contributed by atoms with E-state index in [0.717, 1.165) is 40.6 Å². The molecule has 32 heavy (non-hydrogen) atoms. The van der Waals surface area contributed by atoms with Gasteiger partial charge in [-0.3, -0.25) is 9.97 Å². The Bertz CT molecular complexity index is 1180. The van der Waals surface area contributed by atoms with Crippen molar-refractivity contribution in [3.8, 4) is 16.7 Å². The maximum absolute atomic E-state index is 6.23. The standard InChI is InChI=1S/C25H24N4O2S/c1-17-12-28-20(14-27-17)13-26-15-22-16-29-25(32-22)30-21-8-10-24-19(11-21)7-9-23(31-24)18-5-3-2-4-6-18/h2-6,8,10-12,14,16,23,26H,7,9,13,15H2,1H3. The molecule has 0 bridgehead atoms. The molecular weight excluding hydrogens is 420 g/mol. The highest BCUT2D eigenvalue weighted by Gasteiger charge is 2.21. The number of aryl methyl sites for hydroxylation is 2. The van der Waals surface area contributed by atoms with Crippen LogP contribution in [0.1, 0.15) is 39.9 Å². The Balaban J connectivity index is 1.17. The molecule has 1 N–H and O–H groups in total. The number of ether oxygens (including phenoxy) is 2. The molecule has 7 heteroatoms. The van der Waals surface area contributed by atoms with Gasteiger partial charge >= 0.3 is 0 Å². The summed E-state index contributed by atoms with van der Waals surface area (Å²) in [5.41, 5.74) is 4.23. The van der Waals surface area contributed by atoms with Gasteiger partial charge in [-0.15, -0.1) is 0 Å². The van der Waals surface area contributed by atoms with Crippen LogP contribution in [0.15, 0.2) is 67.1 Å². The monoisotopic (exact) mass is 444 g/mol. The van der Waals surface area contributed by atoms with Crippen molar-refractivity contribution in [3.05, 3.63) is 94.5 Å². The molecule has 0 spiro atoms. The number of hydrogen-bond donors (Lipinski definition) is 1. The third-order valence-corrected chi connectivity index (χ3v) is 6.20. The normalized spacial score (nSPS) is 15.1. The number of thiazole rings is 1. The molecule has 1 atom stereocenters. The van der Waals surface area contributed by atoms with Crippen LogP contribution in [0.3, 0.4) is 0 Å². The molecule has 0 aliphatic carbocycles. The Labute approximate surface area is 191 Å². The van der Waals surface area contributed by atoms with Gasteiger partial charge in [0.15, 0.2) is 0 Å². The molecule has 0 radical (unpaired) electrons. The average Bonchev–Trinajstić information content (AvgIpc) is 3.27. The van der Waals surface area contributed by atoms with E-state index in [-0.39, 0.29) is 6.10 Å². The molecule has 0 saturated heterocycles. The van der Waals surface area contributed by atoms with Crippen molar-refractivity contribution < 1.29 is 9.47 Å². The second kappa shape index (κ2) is 9.46. The maximum Gasteiger partial charge on any atom is 0.278 e. The van der Waals surface area contributed by atoms with Crippen LogP contribution in [0.2, 0.25) is 0 Å². The summed E-state index contributed by atoms with van der Waals surface area (Å²) in [5, 5.41) is 4.00. The van der Waals surface area contributed by atoms with Gasteiger partial charge < -0.3 is 14.8 Å². The fraction of sp³-hybridized carbons (Fsp3) is 0.240. The molecule has 0 saturated carbocycles. The maximum atomic E-state index is 6.23. The minimum absolute atomic E-state index is 0.107. The number of hydrogen-bond acceptors (Lipinski definition) is 7. The Morgan fingerprint density at radius 1 is 1.03 bits per heavy atom. The van der Waals surface area contributed by atoms with Crippen molar-refractivity contribution in [2.24, 2.45) is 0 Å². The van der Waals surface area contributed by atoms with E-state index in [1.807, 2.05) is 31.3 Å². The first-order valence-corrected chi connectivity index (χ1v) is 11.5. The minimum Gasteiger partial charge on any atom is -0.485 e. The first-order valence-electron chi connectivity index (χ1n) is 10.7. The summed E-state index contributed by atoms with van der Waals surface area (Å²) in [6, 6.07) is 16.4. The zero-order chi connectivity index (χ0) is 21.8. The quantitative estimate of drug-likeness (QED) is 0.412.